The van der Waals surface area contributed by atoms with E-state index in [0.717, 1.165) is 23.0 Å². The molecule has 1 aliphatic rings. The Labute approximate surface area is 153 Å². The molecule has 2 heterocycles. The number of rotatable bonds is 5. The van der Waals surface area contributed by atoms with Gasteiger partial charge in [-0.15, -0.1) is 0 Å². The first kappa shape index (κ1) is 18.1. The van der Waals surface area contributed by atoms with Gasteiger partial charge in [0.25, 0.3) is 0 Å². The lowest BCUT2D eigenvalue weighted by atomic mass is 9.84. The van der Waals surface area contributed by atoms with Crippen molar-refractivity contribution in [2.45, 2.75) is 39.7 Å². The lowest BCUT2D eigenvalue weighted by Gasteiger charge is -2.27. The van der Waals surface area contributed by atoms with Gasteiger partial charge in [0, 0.05) is 19.0 Å². The molecule has 0 spiro atoms. The third-order valence-electron chi connectivity index (χ3n) is 4.56. The number of fused-ring (bicyclic) bond motifs is 1. The normalized spacial score (nSPS) is 13.8. The molecule has 0 fully saturated rings. The second kappa shape index (κ2) is 7.27. The molecule has 0 radical (unpaired) electrons. The van der Waals surface area contributed by atoms with Crippen molar-refractivity contribution < 1.29 is 13.9 Å². The van der Waals surface area contributed by atoms with E-state index in [1.54, 1.807) is 7.05 Å². The van der Waals surface area contributed by atoms with Crippen molar-refractivity contribution in [3.63, 3.8) is 0 Å². The molecular weight excluding hydrogens is 332 g/mol. The number of aliphatic imine (C=N–C) groups is 1. The summed E-state index contributed by atoms with van der Waals surface area (Å²) in [5.41, 5.74) is 1.96. The molecule has 140 valence electrons. The highest BCUT2D eigenvalue weighted by Crippen LogP contribution is 2.36. The van der Waals surface area contributed by atoms with E-state index in [2.05, 4.69) is 40.5 Å². The van der Waals surface area contributed by atoms with E-state index < -0.39 is 0 Å². The van der Waals surface area contributed by atoms with Crippen LogP contribution in [0.5, 0.6) is 11.5 Å². The summed E-state index contributed by atoms with van der Waals surface area (Å²) in [4.78, 5) is 8.64. The Morgan fingerprint density at radius 2 is 1.96 bits per heavy atom. The minimum atomic E-state index is -0.116. The van der Waals surface area contributed by atoms with Crippen molar-refractivity contribution in [1.82, 2.24) is 15.6 Å². The molecule has 1 aromatic carbocycles. The minimum absolute atomic E-state index is 0.116. The van der Waals surface area contributed by atoms with Crippen LogP contribution in [0.2, 0.25) is 0 Å². The summed E-state index contributed by atoms with van der Waals surface area (Å²) in [6.45, 7) is 9.66. The summed E-state index contributed by atoms with van der Waals surface area (Å²) in [5, 5.41) is 6.59. The molecule has 7 heteroatoms. The number of hydrogen-bond acceptors (Lipinski definition) is 5. The van der Waals surface area contributed by atoms with E-state index in [1.165, 1.54) is 5.56 Å². The molecule has 2 aromatic rings. The molecule has 0 bridgehead atoms. The van der Waals surface area contributed by atoms with Gasteiger partial charge in [0.2, 0.25) is 12.7 Å². The maximum atomic E-state index is 5.58. The standard InChI is InChI=1S/C19H26N4O3/c1-12-13(2)26-17(23-12)9-21-18(20-5)22-10-19(3,4)14-6-7-15-16(8-14)25-11-24-15/h6-8H,9-11H2,1-5H3,(H2,20,21,22). The molecule has 0 amide bonds. The summed E-state index contributed by atoms with van der Waals surface area (Å²) in [7, 11) is 1.75. The zero-order valence-corrected chi connectivity index (χ0v) is 16.0. The first-order valence-electron chi connectivity index (χ1n) is 8.66. The second-order valence-electron chi connectivity index (χ2n) is 6.98. The van der Waals surface area contributed by atoms with Gasteiger partial charge in [-0.3, -0.25) is 4.99 Å². The van der Waals surface area contributed by atoms with Crippen LogP contribution in [0.1, 0.15) is 36.8 Å². The fourth-order valence-corrected chi connectivity index (χ4v) is 2.72. The van der Waals surface area contributed by atoms with E-state index in [9.17, 15) is 0 Å². The van der Waals surface area contributed by atoms with Crippen molar-refractivity contribution in [3.8, 4) is 11.5 Å². The van der Waals surface area contributed by atoms with Gasteiger partial charge >= 0.3 is 0 Å². The lowest BCUT2D eigenvalue weighted by Crippen LogP contribution is -2.43. The zero-order chi connectivity index (χ0) is 18.7. The van der Waals surface area contributed by atoms with Crippen molar-refractivity contribution >= 4 is 5.96 Å². The number of nitrogens with one attached hydrogen (secondary N) is 2. The van der Waals surface area contributed by atoms with Crippen molar-refractivity contribution in [2.24, 2.45) is 4.99 Å². The van der Waals surface area contributed by atoms with Crippen LogP contribution in [-0.4, -0.2) is 31.3 Å². The number of hydrogen-bond donors (Lipinski definition) is 2. The number of aryl methyl sites for hydroxylation is 2. The summed E-state index contributed by atoms with van der Waals surface area (Å²) in [6, 6.07) is 6.07. The molecule has 7 nitrogen and oxygen atoms in total. The van der Waals surface area contributed by atoms with Crippen molar-refractivity contribution in [1.29, 1.82) is 0 Å². The van der Waals surface area contributed by atoms with Gasteiger partial charge in [-0.2, -0.15) is 0 Å². The number of ether oxygens (including phenoxy) is 2. The Balaban J connectivity index is 1.58. The Morgan fingerprint density at radius 1 is 1.19 bits per heavy atom. The van der Waals surface area contributed by atoms with Gasteiger partial charge in [-0.05, 0) is 31.5 Å². The van der Waals surface area contributed by atoms with E-state index in [0.29, 0.717) is 24.9 Å². The molecule has 0 aliphatic carbocycles. The number of guanidine groups is 1. The van der Waals surface area contributed by atoms with E-state index in [1.807, 2.05) is 26.0 Å². The highest BCUT2D eigenvalue weighted by molar-refractivity contribution is 5.79. The van der Waals surface area contributed by atoms with Gasteiger partial charge in [0.1, 0.15) is 5.76 Å². The highest BCUT2D eigenvalue weighted by Gasteiger charge is 2.24. The molecule has 1 aromatic heterocycles. The Morgan fingerprint density at radius 3 is 2.65 bits per heavy atom. The van der Waals surface area contributed by atoms with E-state index in [4.69, 9.17) is 13.9 Å². The molecular formula is C19H26N4O3. The van der Waals surface area contributed by atoms with Gasteiger partial charge < -0.3 is 24.5 Å². The van der Waals surface area contributed by atoms with Crippen LogP contribution in [0, 0.1) is 13.8 Å². The van der Waals surface area contributed by atoms with Gasteiger partial charge in [0.15, 0.2) is 17.5 Å². The van der Waals surface area contributed by atoms with Crippen LogP contribution in [0.3, 0.4) is 0 Å². The monoisotopic (exact) mass is 358 g/mol. The Bertz CT molecular complexity index is 792. The molecule has 0 saturated heterocycles. The Hall–Kier alpha value is -2.70. The predicted molar refractivity (Wildman–Crippen MR) is 99.8 cm³/mol. The summed E-state index contributed by atoms with van der Waals surface area (Å²) in [6.07, 6.45) is 0. The number of benzene rings is 1. The SMILES string of the molecule is CN=C(NCc1nc(C)c(C)o1)NCC(C)(C)c1ccc2c(c1)OCO2. The van der Waals surface area contributed by atoms with Gasteiger partial charge in [0.05, 0.1) is 12.2 Å². The molecule has 0 unspecified atom stereocenters. The first-order valence-corrected chi connectivity index (χ1v) is 8.66. The lowest BCUT2D eigenvalue weighted by molar-refractivity contribution is 0.174. The molecule has 0 saturated carbocycles. The highest BCUT2D eigenvalue weighted by atomic mass is 16.7. The third kappa shape index (κ3) is 3.92. The summed E-state index contributed by atoms with van der Waals surface area (Å²) >= 11 is 0. The zero-order valence-electron chi connectivity index (χ0n) is 16.0. The maximum Gasteiger partial charge on any atom is 0.231 e. The largest absolute Gasteiger partial charge is 0.454 e. The summed E-state index contributed by atoms with van der Waals surface area (Å²) < 4.78 is 16.5. The van der Waals surface area contributed by atoms with E-state index >= 15 is 0 Å². The average molecular weight is 358 g/mol. The maximum absolute atomic E-state index is 5.58. The molecule has 1 aliphatic heterocycles. The second-order valence-corrected chi connectivity index (χ2v) is 6.98. The molecule has 2 N–H and O–H groups in total. The predicted octanol–water partition coefficient (Wildman–Crippen LogP) is 2.66. The molecule has 0 atom stereocenters. The van der Waals surface area contributed by atoms with E-state index in [-0.39, 0.29) is 12.2 Å². The summed E-state index contributed by atoms with van der Waals surface area (Å²) in [5.74, 6) is 3.79. The Kier molecular flexibility index (Phi) is 5.06. The average Bonchev–Trinajstić information content (AvgIpc) is 3.21. The van der Waals surface area contributed by atoms with Gasteiger partial charge in [-0.1, -0.05) is 19.9 Å². The number of oxazole rings is 1. The number of aromatic nitrogens is 1. The molecule has 26 heavy (non-hydrogen) atoms. The quantitative estimate of drug-likeness (QED) is 0.632. The minimum Gasteiger partial charge on any atom is -0.454 e. The smallest absolute Gasteiger partial charge is 0.231 e. The van der Waals surface area contributed by atoms with Crippen LogP contribution in [0.4, 0.5) is 0 Å². The fourth-order valence-electron chi connectivity index (χ4n) is 2.72. The fraction of sp³-hybridized carbons (Fsp3) is 0.474. The topological polar surface area (TPSA) is 80.9 Å². The number of nitrogens with zero attached hydrogens (tertiary/aromatic N) is 2. The van der Waals surface area contributed by atoms with Crippen molar-refractivity contribution in [3.05, 3.63) is 41.1 Å². The first-order chi connectivity index (χ1) is 12.4. The van der Waals surface area contributed by atoms with Crippen molar-refractivity contribution in [2.75, 3.05) is 20.4 Å². The van der Waals surface area contributed by atoms with Gasteiger partial charge in [-0.25, -0.2) is 4.98 Å². The van der Waals surface area contributed by atoms with Crippen LogP contribution < -0.4 is 20.1 Å². The molecule has 3 rings (SSSR count). The third-order valence-corrected chi connectivity index (χ3v) is 4.56. The van der Waals surface area contributed by atoms with Crippen LogP contribution >= 0.6 is 0 Å². The van der Waals surface area contributed by atoms with Crippen LogP contribution in [0.15, 0.2) is 27.6 Å². The van der Waals surface area contributed by atoms with Crippen LogP contribution in [-0.2, 0) is 12.0 Å². The van der Waals surface area contributed by atoms with Crippen LogP contribution in [0.25, 0.3) is 0 Å².